The Labute approximate surface area is 195 Å². The standard InChI is InChI=1S/C20H17Cl2N3O5S2/c1-31(27,28)24-16-4-2-3-13(11-16)20(26)23-15-6-8-17(9-7-15)32(29,30)25-19-10-5-14(21)12-18(19)22/h2-12,24-25H,1H3,(H,23,26). The van der Waals surface area contributed by atoms with Crippen LogP contribution in [-0.4, -0.2) is 29.0 Å². The van der Waals surface area contributed by atoms with Crippen molar-refractivity contribution in [3.05, 3.63) is 82.3 Å². The van der Waals surface area contributed by atoms with Gasteiger partial charge in [-0.15, -0.1) is 0 Å². The van der Waals surface area contributed by atoms with Gasteiger partial charge in [0.05, 0.1) is 21.9 Å². The minimum absolute atomic E-state index is 0.0409. The molecule has 0 spiro atoms. The zero-order valence-electron chi connectivity index (χ0n) is 16.5. The summed E-state index contributed by atoms with van der Waals surface area (Å²) in [6, 6.07) is 15.8. The summed E-state index contributed by atoms with van der Waals surface area (Å²) in [5.74, 6) is -0.496. The van der Waals surface area contributed by atoms with Crippen LogP contribution in [0.2, 0.25) is 10.0 Å². The Morgan fingerprint density at radius 3 is 2.12 bits per heavy atom. The van der Waals surface area contributed by atoms with Crippen molar-refractivity contribution in [2.75, 3.05) is 21.0 Å². The fraction of sp³-hybridized carbons (Fsp3) is 0.0500. The summed E-state index contributed by atoms with van der Waals surface area (Å²) in [6.45, 7) is 0. The molecule has 0 saturated carbocycles. The van der Waals surface area contributed by atoms with Gasteiger partial charge < -0.3 is 5.32 Å². The first-order valence-electron chi connectivity index (χ1n) is 8.90. The van der Waals surface area contributed by atoms with Crippen molar-refractivity contribution in [1.29, 1.82) is 0 Å². The van der Waals surface area contributed by atoms with Crippen LogP contribution in [0.1, 0.15) is 10.4 Å². The summed E-state index contributed by atoms with van der Waals surface area (Å²) < 4.78 is 52.6. The van der Waals surface area contributed by atoms with Crippen LogP contribution in [-0.2, 0) is 20.0 Å². The number of rotatable bonds is 7. The molecular weight excluding hydrogens is 497 g/mol. The van der Waals surface area contributed by atoms with Gasteiger partial charge in [0.25, 0.3) is 15.9 Å². The number of nitrogens with one attached hydrogen (secondary N) is 3. The van der Waals surface area contributed by atoms with E-state index in [1.54, 1.807) is 0 Å². The first kappa shape index (κ1) is 23.9. The highest BCUT2D eigenvalue weighted by atomic mass is 35.5. The number of sulfonamides is 2. The zero-order valence-corrected chi connectivity index (χ0v) is 19.6. The lowest BCUT2D eigenvalue weighted by Crippen LogP contribution is -2.15. The number of halogens is 2. The third-order valence-electron chi connectivity index (χ3n) is 4.03. The maximum absolute atomic E-state index is 12.6. The second kappa shape index (κ2) is 9.37. The van der Waals surface area contributed by atoms with Crippen molar-refractivity contribution in [2.45, 2.75) is 4.90 Å². The first-order chi connectivity index (χ1) is 14.9. The maximum atomic E-state index is 12.6. The molecule has 3 rings (SSSR count). The summed E-state index contributed by atoms with van der Waals surface area (Å²) in [5.41, 5.74) is 0.985. The predicted octanol–water partition coefficient (Wildman–Crippen LogP) is 4.42. The van der Waals surface area contributed by atoms with E-state index in [-0.39, 0.29) is 26.9 Å². The van der Waals surface area contributed by atoms with Gasteiger partial charge in [0.15, 0.2) is 0 Å². The Kier molecular flexibility index (Phi) is 6.99. The highest BCUT2D eigenvalue weighted by molar-refractivity contribution is 7.92. The maximum Gasteiger partial charge on any atom is 0.261 e. The largest absolute Gasteiger partial charge is 0.322 e. The van der Waals surface area contributed by atoms with Gasteiger partial charge in [-0.1, -0.05) is 29.3 Å². The van der Waals surface area contributed by atoms with E-state index in [1.165, 1.54) is 66.7 Å². The molecule has 0 aliphatic rings. The molecule has 0 bridgehead atoms. The van der Waals surface area contributed by atoms with Crippen molar-refractivity contribution in [3.63, 3.8) is 0 Å². The molecule has 3 N–H and O–H groups in total. The summed E-state index contributed by atoms with van der Waals surface area (Å²) in [7, 11) is -7.41. The summed E-state index contributed by atoms with van der Waals surface area (Å²) in [5, 5.41) is 3.15. The van der Waals surface area contributed by atoms with E-state index >= 15 is 0 Å². The second-order valence-corrected chi connectivity index (χ2v) is 10.9. The van der Waals surface area contributed by atoms with Gasteiger partial charge in [-0.05, 0) is 60.7 Å². The van der Waals surface area contributed by atoms with Gasteiger partial charge >= 0.3 is 0 Å². The third-order valence-corrected chi connectivity index (χ3v) is 6.56. The number of amides is 1. The molecule has 0 aliphatic carbocycles. The monoisotopic (exact) mass is 513 g/mol. The molecule has 0 atom stereocenters. The lowest BCUT2D eigenvalue weighted by molar-refractivity contribution is 0.102. The van der Waals surface area contributed by atoms with Crippen LogP contribution >= 0.6 is 23.2 Å². The fourth-order valence-electron chi connectivity index (χ4n) is 2.63. The smallest absolute Gasteiger partial charge is 0.261 e. The fourth-order valence-corrected chi connectivity index (χ4v) is 4.78. The molecule has 3 aromatic rings. The summed E-state index contributed by atoms with van der Waals surface area (Å²) >= 11 is 11.8. The van der Waals surface area contributed by atoms with Crippen molar-refractivity contribution in [2.24, 2.45) is 0 Å². The Balaban J connectivity index is 1.73. The van der Waals surface area contributed by atoms with Crippen LogP contribution in [0.15, 0.2) is 71.6 Å². The summed E-state index contributed by atoms with van der Waals surface area (Å²) in [4.78, 5) is 12.4. The van der Waals surface area contributed by atoms with Crippen molar-refractivity contribution in [1.82, 2.24) is 0 Å². The van der Waals surface area contributed by atoms with Crippen LogP contribution in [0.5, 0.6) is 0 Å². The van der Waals surface area contributed by atoms with E-state index in [2.05, 4.69) is 14.8 Å². The quantitative estimate of drug-likeness (QED) is 0.431. The summed E-state index contributed by atoms with van der Waals surface area (Å²) in [6.07, 6.45) is 1.01. The van der Waals surface area contributed by atoms with E-state index in [9.17, 15) is 21.6 Å². The molecule has 0 fully saturated rings. The molecule has 0 unspecified atom stereocenters. The topological polar surface area (TPSA) is 121 Å². The number of benzene rings is 3. The Hall–Kier alpha value is -2.79. The van der Waals surface area contributed by atoms with E-state index in [0.29, 0.717) is 10.7 Å². The van der Waals surface area contributed by atoms with Crippen molar-refractivity contribution in [3.8, 4) is 0 Å². The number of carbonyl (C=O) groups excluding carboxylic acids is 1. The molecule has 0 radical (unpaired) electrons. The average molecular weight is 514 g/mol. The number of hydrogen-bond donors (Lipinski definition) is 3. The molecule has 1 amide bonds. The van der Waals surface area contributed by atoms with Crippen LogP contribution in [0.4, 0.5) is 17.1 Å². The van der Waals surface area contributed by atoms with Crippen LogP contribution in [0.25, 0.3) is 0 Å². The minimum atomic E-state index is -3.92. The highest BCUT2D eigenvalue weighted by Gasteiger charge is 2.16. The van der Waals surface area contributed by atoms with Crippen LogP contribution < -0.4 is 14.8 Å². The second-order valence-electron chi connectivity index (χ2n) is 6.66. The lowest BCUT2D eigenvalue weighted by atomic mass is 10.2. The number of hydrogen-bond acceptors (Lipinski definition) is 5. The number of carbonyl (C=O) groups is 1. The normalized spacial score (nSPS) is 11.6. The van der Waals surface area contributed by atoms with E-state index in [1.807, 2.05) is 0 Å². The van der Waals surface area contributed by atoms with E-state index < -0.39 is 26.0 Å². The van der Waals surface area contributed by atoms with Gasteiger partial charge in [-0.25, -0.2) is 16.8 Å². The van der Waals surface area contributed by atoms with Crippen LogP contribution in [0, 0.1) is 0 Å². The van der Waals surface area contributed by atoms with Gasteiger partial charge in [0.1, 0.15) is 0 Å². The molecule has 0 heterocycles. The van der Waals surface area contributed by atoms with Gasteiger partial charge in [-0.3, -0.25) is 14.2 Å². The molecule has 12 heteroatoms. The van der Waals surface area contributed by atoms with Crippen molar-refractivity contribution < 1.29 is 21.6 Å². The van der Waals surface area contributed by atoms with Crippen molar-refractivity contribution >= 4 is 66.2 Å². The van der Waals surface area contributed by atoms with E-state index in [0.717, 1.165) is 6.26 Å². The number of anilines is 3. The third kappa shape index (κ3) is 6.36. The molecule has 168 valence electrons. The first-order valence-corrected chi connectivity index (χ1v) is 13.0. The Morgan fingerprint density at radius 2 is 1.50 bits per heavy atom. The molecular formula is C20H17Cl2N3O5S2. The average Bonchev–Trinajstić information content (AvgIpc) is 2.69. The highest BCUT2D eigenvalue weighted by Crippen LogP contribution is 2.28. The molecule has 8 nitrogen and oxygen atoms in total. The molecule has 0 aromatic heterocycles. The van der Waals surface area contributed by atoms with Crippen LogP contribution in [0.3, 0.4) is 0 Å². The molecule has 0 saturated heterocycles. The predicted molar refractivity (Wildman–Crippen MR) is 127 cm³/mol. The van der Waals surface area contributed by atoms with E-state index in [4.69, 9.17) is 23.2 Å². The van der Waals surface area contributed by atoms with Gasteiger partial charge in [-0.2, -0.15) is 0 Å². The Bertz CT molecular complexity index is 1380. The van der Waals surface area contributed by atoms with Gasteiger partial charge in [0, 0.05) is 22.0 Å². The van der Waals surface area contributed by atoms with Gasteiger partial charge in [0.2, 0.25) is 10.0 Å². The minimum Gasteiger partial charge on any atom is -0.322 e. The molecule has 0 aliphatic heterocycles. The Morgan fingerprint density at radius 1 is 0.812 bits per heavy atom. The zero-order chi connectivity index (χ0) is 23.5. The SMILES string of the molecule is CS(=O)(=O)Nc1cccc(C(=O)Nc2ccc(S(=O)(=O)Nc3ccc(Cl)cc3Cl)cc2)c1. The molecule has 32 heavy (non-hydrogen) atoms. The molecule has 3 aromatic carbocycles. The lowest BCUT2D eigenvalue weighted by Gasteiger charge is -2.11.